The van der Waals surface area contributed by atoms with Crippen LogP contribution in [0.15, 0.2) is 52.3 Å². The molecule has 0 aliphatic carbocycles. The number of thiazole rings is 1. The van der Waals surface area contributed by atoms with Crippen LogP contribution >= 0.6 is 11.3 Å². The van der Waals surface area contributed by atoms with E-state index in [-0.39, 0.29) is 6.01 Å². The van der Waals surface area contributed by atoms with Crippen LogP contribution in [0.4, 0.5) is 6.01 Å². The Morgan fingerprint density at radius 1 is 1.08 bits per heavy atom. The molecule has 0 radical (unpaired) electrons. The van der Waals surface area contributed by atoms with Gasteiger partial charge in [0.25, 0.3) is 0 Å². The first-order valence-electron chi connectivity index (χ1n) is 7.94. The van der Waals surface area contributed by atoms with E-state index in [9.17, 15) is 0 Å². The van der Waals surface area contributed by atoms with Gasteiger partial charge in [-0.25, -0.2) is 4.98 Å². The van der Waals surface area contributed by atoms with Crippen LogP contribution < -0.4 is 10.5 Å². The smallest absolute Gasteiger partial charge is 0.313 e. The molecule has 4 aromatic rings. The summed E-state index contributed by atoms with van der Waals surface area (Å²) in [5.74, 6) is 1.20. The highest BCUT2D eigenvalue weighted by molar-refractivity contribution is 7.13. The van der Waals surface area contributed by atoms with Crippen molar-refractivity contribution in [3.63, 3.8) is 0 Å². The maximum Gasteiger partial charge on any atom is 0.313 e. The molecular formula is C19H16N4O2S. The summed E-state index contributed by atoms with van der Waals surface area (Å²) < 4.78 is 10.8. The number of aryl methyl sites for hydroxylation is 1. The Hall–Kier alpha value is -3.19. The van der Waals surface area contributed by atoms with Crippen LogP contribution in [-0.2, 0) is 0 Å². The number of rotatable bonds is 4. The van der Waals surface area contributed by atoms with Crippen LogP contribution in [0.1, 0.15) is 5.56 Å². The van der Waals surface area contributed by atoms with E-state index < -0.39 is 0 Å². The van der Waals surface area contributed by atoms with Crippen LogP contribution in [0.5, 0.6) is 5.75 Å². The SMILES string of the molecule is COc1ccc(C)cc1-c1csc(-c2cccc(-c3nnc(N)o3)c2)n1. The standard InChI is InChI=1S/C19H16N4O2S/c1-11-6-7-16(24-2)14(8-11)15-10-26-18(21-15)13-5-3-4-12(9-13)17-22-23-19(20)25-17/h3-10H,1-2H3,(H2,20,23). The van der Waals surface area contributed by atoms with E-state index in [2.05, 4.69) is 23.2 Å². The van der Waals surface area contributed by atoms with Gasteiger partial charge in [-0.15, -0.1) is 16.4 Å². The monoisotopic (exact) mass is 364 g/mol. The fraction of sp³-hybridized carbons (Fsp3) is 0.105. The molecule has 0 bridgehead atoms. The van der Waals surface area contributed by atoms with Crippen molar-refractivity contribution in [3.05, 3.63) is 53.4 Å². The molecule has 0 aliphatic rings. The summed E-state index contributed by atoms with van der Waals surface area (Å²) in [6, 6.07) is 13.9. The number of nitrogens with zero attached hydrogens (tertiary/aromatic N) is 3. The first kappa shape index (κ1) is 16.3. The van der Waals surface area contributed by atoms with Gasteiger partial charge in [0, 0.05) is 22.1 Å². The van der Waals surface area contributed by atoms with E-state index in [1.807, 2.05) is 41.8 Å². The second-order valence-electron chi connectivity index (χ2n) is 5.77. The first-order chi connectivity index (χ1) is 12.6. The minimum absolute atomic E-state index is 0.0495. The van der Waals surface area contributed by atoms with Crippen LogP contribution in [0.2, 0.25) is 0 Å². The summed E-state index contributed by atoms with van der Waals surface area (Å²) in [6.45, 7) is 2.05. The molecule has 0 amide bonds. The van der Waals surface area contributed by atoms with Gasteiger partial charge >= 0.3 is 6.01 Å². The fourth-order valence-electron chi connectivity index (χ4n) is 2.69. The molecule has 26 heavy (non-hydrogen) atoms. The molecule has 2 aromatic heterocycles. The van der Waals surface area contributed by atoms with E-state index in [1.165, 1.54) is 0 Å². The van der Waals surface area contributed by atoms with Gasteiger partial charge in [-0.1, -0.05) is 28.9 Å². The Balaban J connectivity index is 1.72. The molecular weight excluding hydrogens is 348 g/mol. The predicted molar refractivity (Wildman–Crippen MR) is 102 cm³/mol. The fourth-order valence-corrected chi connectivity index (χ4v) is 3.51. The molecule has 0 unspecified atom stereocenters. The average Bonchev–Trinajstić information content (AvgIpc) is 3.31. The van der Waals surface area contributed by atoms with E-state index in [1.54, 1.807) is 18.4 Å². The summed E-state index contributed by atoms with van der Waals surface area (Å²) in [5, 5.41) is 10.6. The maximum absolute atomic E-state index is 5.51. The quantitative estimate of drug-likeness (QED) is 0.576. The van der Waals surface area contributed by atoms with Gasteiger partial charge < -0.3 is 14.9 Å². The van der Waals surface area contributed by atoms with Crippen molar-refractivity contribution in [2.75, 3.05) is 12.8 Å². The summed E-state index contributed by atoms with van der Waals surface area (Å²) >= 11 is 1.57. The zero-order chi connectivity index (χ0) is 18.1. The molecule has 2 heterocycles. The lowest BCUT2D eigenvalue weighted by Crippen LogP contribution is -1.89. The highest BCUT2D eigenvalue weighted by Gasteiger charge is 2.13. The number of anilines is 1. The summed E-state index contributed by atoms with van der Waals surface area (Å²) in [6.07, 6.45) is 0. The molecule has 6 nitrogen and oxygen atoms in total. The molecule has 130 valence electrons. The third kappa shape index (κ3) is 3.04. The molecule has 0 atom stereocenters. The topological polar surface area (TPSA) is 87.1 Å². The molecule has 0 aliphatic heterocycles. The van der Waals surface area contributed by atoms with Gasteiger partial charge in [0.15, 0.2) is 0 Å². The first-order valence-corrected chi connectivity index (χ1v) is 8.82. The van der Waals surface area contributed by atoms with Crippen molar-refractivity contribution < 1.29 is 9.15 Å². The largest absolute Gasteiger partial charge is 0.496 e. The van der Waals surface area contributed by atoms with E-state index >= 15 is 0 Å². The Kier molecular flexibility index (Phi) is 4.14. The van der Waals surface area contributed by atoms with Gasteiger partial charge in [0.1, 0.15) is 10.8 Å². The molecule has 2 N–H and O–H groups in total. The van der Waals surface area contributed by atoms with Crippen molar-refractivity contribution >= 4 is 17.4 Å². The number of ether oxygens (including phenoxy) is 1. The lowest BCUT2D eigenvalue weighted by atomic mass is 10.1. The van der Waals surface area contributed by atoms with E-state index in [0.717, 1.165) is 38.7 Å². The van der Waals surface area contributed by atoms with Crippen molar-refractivity contribution in [1.29, 1.82) is 0 Å². The van der Waals surface area contributed by atoms with Gasteiger partial charge in [-0.05, 0) is 31.2 Å². The van der Waals surface area contributed by atoms with Crippen LogP contribution in [0.25, 0.3) is 33.3 Å². The van der Waals surface area contributed by atoms with Crippen LogP contribution in [0, 0.1) is 6.92 Å². The lowest BCUT2D eigenvalue weighted by Gasteiger charge is -2.07. The molecule has 2 aromatic carbocycles. The Morgan fingerprint density at radius 3 is 2.69 bits per heavy atom. The molecule has 4 rings (SSSR count). The number of hydrogen-bond donors (Lipinski definition) is 1. The molecule has 0 saturated heterocycles. The molecule has 0 saturated carbocycles. The second kappa shape index (κ2) is 6.61. The van der Waals surface area contributed by atoms with Gasteiger partial charge in [-0.3, -0.25) is 0 Å². The maximum atomic E-state index is 5.51. The third-order valence-corrected chi connectivity index (χ3v) is 4.82. The Bertz CT molecular complexity index is 1070. The van der Waals surface area contributed by atoms with Crippen molar-refractivity contribution in [2.24, 2.45) is 0 Å². The highest BCUT2D eigenvalue weighted by Crippen LogP contribution is 2.35. The number of nitrogens with two attached hydrogens (primary N) is 1. The summed E-state index contributed by atoms with van der Waals surface area (Å²) in [5.41, 5.74) is 10.3. The lowest BCUT2D eigenvalue weighted by molar-refractivity contribution is 0.416. The number of methoxy groups -OCH3 is 1. The summed E-state index contributed by atoms with van der Waals surface area (Å²) in [4.78, 5) is 4.79. The van der Waals surface area contributed by atoms with Gasteiger partial charge in [-0.2, -0.15) is 0 Å². The number of benzene rings is 2. The predicted octanol–water partition coefficient (Wildman–Crippen LogP) is 4.43. The number of nitrogen functional groups attached to an aromatic ring is 1. The average molecular weight is 364 g/mol. The zero-order valence-electron chi connectivity index (χ0n) is 14.3. The highest BCUT2D eigenvalue weighted by atomic mass is 32.1. The Morgan fingerprint density at radius 2 is 1.92 bits per heavy atom. The molecule has 7 heteroatoms. The molecule has 0 fully saturated rings. The minimum Gasteiger partial charge on any atom is -0.496 e. The van der Waals surface area contributed by atoms with Crippen molar-refractivity contribution in [3.8, 4) is 39.0 Å². The van der Waals surface area contributed by atoms with Crippen molar-refractivity contribution in [1.82, 2.24) is 15.2 Å². The normalized spacial score (nSPS) is 10.8. The van der Waals surface area contributed by atoms with Gasteiger partial charge in [0.05, 0.1) is 12.8 Å². The zero-order valence-corrected chi connectivity index (χ0v) is 15.1. The minimum atomic E-state index is 0.0495. The van der Waals surface area contributed by atoms with E-state index in [0.29, 0.717) is 5.89 Å². The van der Waals surface area contributed by atoms with Crippen LogP contribution in [0.3, 0.4) is 0 Å². The number of aromatic nitrogens is 3. The number of hydrogen-bond acceptors (Lipinski definition) is 7. The van der Waals surface area contributed by atoms with E-state index in [4.69, 9.17) is 19.9 Å². The van der Waals surface area contributed by atoms with Crippen molar-refractivity contribution in [2.45, 2.75) is 6.92 Å². The second-order valence-corrected chi connectivity index (χ2v) is 6.63. The third-order valence-electron chi connectivity index (χ3n) is 3.93. The molecule has 0 spiro atoms. The van der Waals surface area contributed by atoms with Crippen LogP contribution in [-0.4, -0.2) is 22.3 Å². The van der Waals surface area contributed by atoms with Gasteiger partial charge in [0.2, 0.25) is 5.89 Å². The summed E-state index contributed by atoms with van der Waals surface area (Å²) in [7, 11) is 1.67. The Labute approximate surface area is 154 Å².